The van der Waals surface area contributed by atoms with Crippen molar-refractivity contribution < 1.29 is 9.59 Å². The number of nitrogens with zero attached hydrogens (tertiary/aromatic N) is 2. The van der Waals surface area contributed by atoms with Gasteiger partial charge in [-0.2, -0.15) is 0 Å². The molecule has 7 heteroatoms. The van der Waals surface area contributed by atoms with E-state index in [0.717, 1.165) is 29.8 Å². The van der Waals surface area contributed by atoms with Gasteiger partial charge in [0.2, 0.25) is 16.9 Å². The third-order valence-electron chi connectivity index (χ3n) is 4.68. The molecule has 138 valence electrons. The standard InChI is InChI=1S/C19H24N4O2S/c1-11(2)15(20-16(24)13-5-4-6-13)17(25)21-19-23-22-18(26-19)14-9-7-12(3)8-10-14/h7-11,13,15H,4-6H2,1-3H3,(H,20,24)(H,21,23,25)/t15-/m1/s1. The van der Waals surface area contributed by atoms with E-state index < -0.39 is 6.04 Å². The molecule has 1 aliphatic rings. The second-order valence-corrected chi connectivity index (χ2v) is 8.10. The van der Waals surface area contributed by atoms with Crippen molar-refractivity contribution >= 4 is 28.3 Å². The minimum atomic E-state index is -0.574. The van der Waals surface area contributed by atoms with Crippen molar-refractivity contribution in [2.45, 2.75) is 46.1 Å². The number of aryl methyl sites for hydroxylation is 1. The molecule has 0 aliphatic heterocycles. The van der Waals surface area contributed by atoms with Gasteiger partial charge in [0.1, 0.15) is 11.0 Å². The highest BCUT2D eigenvalue weighted by atomic mass is 32.1. The summed E-state index contributed by atoms with van der Waals surface area (Å²) in [5.41, 5.74) is 2.14. The summed E-state index contributed by atoms with van der Waals surface area (Å²) in [4.78, 5) is 24.8. The average molecular weight is 372 g/mol. The van der Waals surface area contributed by atoms with E-state index in [4.69, 9.17) is 0 Å². The lowest BCUT2D eigenvalue weighted by Crippen LogP contribution is -2.49. The molecule has 0 spiro atoms. The molecule has 2 aromatic rings. The van der Waals surface area contributed by atoms with Gasteiger partial charge in [-0.3, -0.25) is 14.9 Å². The highest BCUT2D eigenvalue weighted by Crippen LogP contribution is 2.28. The minimum Gasteiger partial charge on any atom is -0.344 e. The van der Waals surface area contributed by atoms with E-state index in [1.54, 1.807) is 0 Å². The maximum absolute atomic E-state index is 12.6. The topological polar surface area (TPSA) is 84.0 Å². The first-order chi connectivity index (χ1) is 12.4. The third-order valence-corrected chi connectivity index (χ3v) is 5.56. The molecule has 0 saturated heterocycles. The van der Waals surface area contributed by atoms with Crippen LogP contribution in [0.1, 0.15) is 38.7 Å². The van der Waals surface area contributed by atoms with Crippen LogP contribution in [0.5, 0.6) is 0 Å². The number of benzene rings is 1. The molecule has 6 nitrogen and oxygen atoms in total. The molecule has 0 bridgehead atoms. The molecule has 1 aromatic heterocycles. The molecule has 0 radical (unpaired) electrons. The molecule has 26 heavy (non-hydrogen) atoms. The summed E-state index contributed by atoms with van der Waals surface area (Å²) in [6, 6.07) is 7.42. The lowest BCUT2D eigenvalue weighted by molar-refractivity contribution is -0.131. The molecule has 1 heterocycles. The first-order valence-electron chi connectivity index (χ1n) is 8.96. The molecular weight excluding hydrogens is 348 g/mol. The largest absolute Gasteiger partial charge is 0.344 e. The van der Waals surface area contributed by atoms with Gasteiger partial charge in [-0.1, -0.05) is 61.4 Å². The van der Waals surface area contributed by atoms with Crippen molar-refractivity contribution in [2.24, 2.45) is 11.8 Å². The SMILES string of the molecule is Cc1ccc(-c2nnc(NC(=O)[C@H](NC(=O)C3CCC3)C(C)C)s2)cc1. The Morgan fingerprint density at radius 2 is 1.85 bits per heavy atom. The summed E-state index contributed by atoms with van der Waals surface area (Å²) in [6.45, 7) is 5.87. The lowest BCUT2D eigenvalue weighted by Gasteiger charge is -2.28. The lowest BCUT2D eigenvalue weighted by atomic mass is 9.84. The van der Waals surface area contributed by atoms with Gasteiger partial charge in [0.05, 0.1) is 0 Å². The van der Waals surface area contributed by atoms with Crippen molar-refractivity contribution in [3.63, 3.8) is 0 Å². The predicted octanol–water partition coefficient (Wildman–Crippen LogP) is 3.39. The minimum absolute atomic E-state index is 0.0106. The first kappa shape index (κ1) is 18.5. The summed E-state index contributed by atoms with van der Waals surface area (Å²) in [5.74, 6) is -0.232. The number of hydrogen-bond acceptors (Lipinski definition) is 5. The molecule has 0 unspecified atom stereocenters. The summed E-state index contributed by atoms with van der Waals surface area (Å²) in [5, 5.41) is 15.1. The zero-order valence-electron chi connectivity index (χ0n) is 15.3. The van der Waals surface area contributed by atoms with E-state index in [9.17, 15) is 9.59 Å². The Bertz CT molecular complexity index is 781. The Morgan fingerprint density at radius 1 is 1.15 bits per heavy atom. The zero-order chi connectivity index (χ0) is 18.7. The van der Waals surface area contributed by atoms with Gasteiger partial charge in [-0.15, -0.1) is 10.2 Å². The summed E-state index contributed by atoms with van der Waals surface area (Å²) in [7, 11) is 0. The van der Waals surface area contributed by atoms with Gasteiger partial charge < -0.3 is 5.32 Å². The van der Waals surface area contributed by atoms with Gasteiger partial charge in [0, 0.05) is 11.5 Å². The van der Waals surface area contributed by atoms with Crippen molar-refractivity contribution in [1.29, 1.82) is 0 Å². The van der Waals surface area contributed by atoms with E-state index in [-0.39, 0.29) is 23.7 Å². The Balaban J connectivity index is 1.65. The van der Waals surface area contributed by atoms with Crippen molar-refractivity contribution in [2.75, 3.05) is 5.32 Å². The Labute approximate surface area is 157 Å². The van der Waals surface area contributed by atoms with Crippen LogP contribution in [0.15, 0.2) is 24.3 Å². The van der Waals surface area contributed by atoms with Gasteiger partial charge in [0.25, 0.3) is 0 Å². The van der Waals surface area contributed by atoms with Crippen LogP contribution in [0.25, 0.3) is 10.6 Å². The van der Waals surface area contributed by atoms with Crippen LogP contribution in [0.2, 0.25) is 0 Å². The Kier molecular flexibility index (Phi) is 5.66. The van der Waals surface area contributed by atoms with Crippen LogP contribution in [-0.4, -0.2) is 28.1 Å². The Morgan fingerprint density at radius 3 is 2.42 bits per heavy atom. The van der Waals surface area contributed by atoms with E-state index >= 15 is 0 Å². The van der Waals surface area contributed by atoms with Crippen LogP contribution in [0.4, 0.5) is 5.13 Å². The first-order valence-corrected chi connectivity index (χ1v) is 9.77. The maximum Gasteiger partial charge on any atom is 0.249 e. The molecule has 1 aliphatic carbocycles. The van der Waals surface area contributed by atoms with Crippen molar-refractivity contribution in [1.82, 2.24) is 15.5 Å². The fourth-order valence-electron chi connectivity index (χ4n) is 2.75. The molecule has 2 N–H and O–H groups in total. The number of carbonyl (C=O) groups is 2. The summed E-state index contributed by atoms with van der Waals surface area (Å²) in [6.07, 6.45) is 2.91. The zero-order valence-corrected chi connectivity index (χ0v) is 16.1. The van der Waals surface area contributed by atoms with E-state index in [2.05, 4.69) is 20.8 Å². The maximum atomic E-state index is 12.6. The molecule has 1 fully saturated rings. The quantitative estimate of drug-likeness (QED) is 0.814. The number of anilines is 1. The molecule has 1 atom stereocenters. The van der Waals surface area contributed by atoms with Gasteiger partial charge >= 0.3 is 0 Å². The van der Waals surface area contributed by atoms with E-state index in [1.165, 1.54) is 16.9 Å². The molecular formula is C19H24N4O2S. The summed E-state index contributed by atoms with van der Waals surface area (Å²) >= 11 is 1.32. The fourth-order valence-corrected chi connectivity index (χ4v) is 3.50. The van der Waals surface area contributed by atoms with Crippen molar-refractivity contribution in [3.8, 4) is 10.6 Å². The summed E-state index contributed by atoms with van der Waals surface area (Å²) < 4.78 is 0. The highest BCUT2D eigenvalue weighted by molar-refractivity contribution is 7.18. The molecule has 1 saturated carbocycles. The van der Waals surface area contributed by atoms with Crippen LogP contribution in [0, 0.1) is 18.8 Å². The van der Waals surface area contributed by atoms with E-state index in [1.807, 2.05) is 45.0 Å². The van der Waals surface area contributed by atoms with Gasteiger partial charge in [-0.05, 0) is 25.7 Å². The number of rotatable bonds is 6. The van der Waals surface area contributed by atoms with E-state index in [0.29, 0.717) is 5.13 Å². The van der Waals surface area contributed by atoms with Gasteiger partial charge in [-0.25, -0.2) is 0 Å². The Hall–Kier alpha value is -2.28. The highest BCUT2D eigenvalue weighted by Gasteiger charge is 2.31. The van der Waals surface area contributed by atoms with Crippen molar-refractivity contribution in [3.05, 3.63) is 29.8 Å². The van der Waals surface area contributed by atoms with Crippen LogP contribution in [0.3, 0.4) is 0 Å². The fraction of sp³-hybridized carbons (Fsp3) is 0.474. The second-order valence-electron chi connectivity index (χ2n) is 7.13. The second kappa shape index (κ2) is 7.95. The predicted molar refractivity (Wildman–Crippen MR) is 103 cm³/mol. The number of amides is 2. The number of carbonyl (C=O) groups excluding carboxylic acids is 2. The third kappa shape index (κ3) is 4.27. The number of aromatic nitrogens is 2. The smallest absolute Gasteiger partial charge is 0.249 e. The normalized spacial score (nSPS) is 15.4. The average Bonchev–Trinajstić information content (AvgIpc) is 2.99. The number of nitrogens with one attached hydrogen (secondary N) is 2. The molecule has 1 aromatic carbocycles. The van der Waals surface area contributed by atoms with Gasteiger partial charge in [0.15, 0.2) is 0 Å². The van der Waals surface area contributed by atoms with Crippen LogP contribution in [-0.2, 0) is 9.59 Å². The van der Waals surface area contributed by atoms with Crippen LogP contribution >= 0.6 is 11.3 Å². The van der Waals surface area contributed by atoms with Crippen LogP contribution < -0.4 is 10.6 Å². The number of hydrogen-bond donors (Lipinski definition) is 2. The molecule has 3 rings (SSSR count). The monoisotopic (exact) mass is 372 g/mol. The molecule has 2 amide bonds.